The standard InChI is InChI=1S/C27H36ClN5/c1-3-4-13-32-14-10-20(11-15-32)21-8-9-24-25(17-21)26(12-16-33(30)27(24)19(2)29)31-23-7-5-6-22(28)18-23/h5-10,17-18,26,31H,3-4,11-16,29-30H2,1-2H3/b27-19-. The number of hydrazine groups is 1. The Morgan fingerprint density at radius 3 is 2.73 bits per heavy atom. The number of benzene rings is 2. The Labute approximate surface area is 203 Å². The topological polar surface area (TPSA) is 70.5 Å². The van der Waals surface area contributed by atoms with Crippen molar-refractivity contribution in [2.24, 2.45) is 11.6 Å². The Morgan fingerprint density at radius 2 is 2.03 bits per heavy atom. The molecule has 6 heteroatoms. The van der Waals surface area contributed by atoms with Crippen molar-refractivity contribution in [1.82, 2.24) is 9.91 Å². The molecule has 0 aromatic heterocycles. The number of rotatable bonds is 6. The third-order valence-electron chi connectivity index (χ3n) is 6.66. The number of nitrogens with two attached hydrogens (primary N) is 2. The molecule has 0 radical (unpaired) electrons. The van der Waals surface area contributed by atoms with Crippen molar-refractivity contribution in [1.29, 1.82) is 0 Å². The molecule has 0 saturated heterocycles. The summed E-state index contributed by atoms with van der Waals surface area (Å²) in [7, 11) is 0. The molecule has 0 aliphatic carbocycles. The van der Waals surface area contributed by atoms with E-state index in [4.69, 9.17) is 23.2 Å². The van der Waals surface area contributed by atoms with E-state index in [0.29, 0.717) is 6.54 Å². The van der Waals surface area contributed by atoms with Gasteiger partial charge < -0.3 is 16.1 Å². The van der Waals surface area contributed by atoms with E-state index in [9.17, 15) is 0 Å². The smallest absolute Gasteiger partial charge is 0.0777 e. The predicted molar refractivity (Wildman–Crippen MR) is 140 cm³/mol. The van der Waals surface area contributed by atoms with Crippen molar-refractivity contribution in [3.05, 3.63) is 76.0 Å². The average molecular weight is 466 g/mol. The highest BCUT2D eigenvalue weighted by Crippen LogP contribution is 2.37. The maximum absolute atomic E-state index is 6.44. The van der Waals surface area contributed by atoms with Crippen LogP contribution in [0.15, 0.2) is 54.2 Å². The number of allylic oxidation sites excluding steroid dienone is 1. The minimum atomic E-state index is 0.103. The van der Waals surface area contributed by atoms with Gasteiger partial charge in [-0.3, -0.25) is 4.90 Å². The van der Waals surface area contributed by atoms with Gasteiger partial charge in [0.15, 0.2) is 0 Å². The van der Waals surface area contributed by atoms with Crippen molar-refractivity contribution >= 4 is 28.6 Å². The van der Waals surface area contributed by atoms with Crippen LogP contribution in [0.4, 0.5) is 5.69 Å². The lowest BCUT2D eigenvalue weighted by Crippen LogP contribution is -2.31. The van der Waals surface area contributed by atoms with Crippen LogP contribution in [0.1, 0.15) is 62.3 Å². The molecular formula is C27H36ClN5. The lowest BCUT2D eigenvalue weighted by atomic mass is 9.90. The molecule has 2 aliphatic heterocycles. The fraction of sp³-hybridized carbons (Fsp3) is 0.407. The maximum atomic E-state index is 6.44. The van der Waals surface area contributed by atoms with Crippen molar-refractivity contribution in [2.45, 2.75) is 45.6 Å². The summed E-state index contributed by atoms with van der Waals surface area (Å²) in [6.07, 6.45) is 6.85. The SMILES string of the molecule is CCCCN1CC=C(c2ccc3c(c2)C(Nc2cccc(Cl)c2)CCN(N)/C3=C(/C)N)CC1. The minimum Gasteiger partial charge on any atom is -0.401 e. The summed E-state index contributed by atoms with van der Waals surface area (Å²) < 4.78 is 0. The predicted octanol–water partition coefficient (Wildman–Crippen LogP) is 5.61. The van der Waals surface area contributed by atoms with Gasteiger partial charge in [0, 0.05) is 41.6 Å². The number of halogens is 1. The molecule has 33 heavy (non-hydrogen) atoms. The van der Waals surface area contributed by atoms with Gasteiger partial charge in [-0.1, -0.05) is 49.2 Å². The molecule has 5 N–H and O–H groups in total. The third kappa shape index (κ3) is 5.55. The summed E-state index contributed by atoms with van der Waals surface area (Å²) in [5.74, 6) is 6.44. The van der Waals surface area contributed by atoms with Gasteiger partial charge in [-0.15, -0.1) is 0 Å². The molecule has 1 atom stereocenters. The molecule has 2 aromatic rings. The van der Waals surface area contributed by atoms with E-state index in [-0.39, 0.29) is 6.04 Å². The van der Waals surface area contributed by atoms with Crippen LogP contribution in [0.3, 0.4) is 0 Å². The molecule has 4 rings (SSSR count). The van der Waals surface area contributed by atoms with Gasteiger partial charge in [0.25, 0.3) is 0 Å². The van der Waals surface area contributed by atoms with Crippen molar-refractivity contribution in [2.75, 3.05) is 31.5 Å². The highest BCUT2D eigenvalue weighted by atomic mass is 35.5. The minimum absolute atomic E-state index is 0.103. The first kappa shape index (κ1) is 23.7. The zero-order valence-corrected chi connectivity index (χ0v) is 20.5. The molecule has 2 aliphatic rings. The molecule has 5 nitrogen and oxygen atoms in total. The Hall–Kier alpha value is -2.47. The third-order valence-corrected chi connectivity index (χ3v) is 6.89. The zero-order chi connectivity index (χ0) is 23.4. The molecule has 176 valence electrons. The van der Waals surface area contributed by atoms with Crippen molar-refractivity contribution in [3.63, 3.8) is 0 Å². The van der Waals surface area contributed by atoms with Gasteiger partial charge in [-0.2, -0.15) is 0 Å². The fourth-order valence-electron chi connectivity index (χ4n) is 4.88. The van der Waals surface area contributed by atoms with E-state index in [1.54, 1.807) is 5.01 Å². The lowest BCUT2D eigenvalue weighted by Gasteiger charge is -2.27. The molecule has 0 bridgehead atoms. The first-order valence-corrected chi connectivity index (χ1v) is 12.4. The number of hydrogen-bond acceptors (Lipinski definition) is 5. The van der Waals surface area contributed by atoms with E-state index in [0.717, 1.165) is 53.6 Å². The summed E-state index contributed by atoms with van der Waals surface area (Å²) in [5, 5.41) is 6.21. The second-order valence-electron chi connectivity index (χ2n) is 9.16. The summed E-state index contributed by atoms with van der Waals surface area (Å²) in [5.41, 5.74) is 14.0. The van der Waals surface area contributed by atoms with E-state index < -0.39 is 0 Å². The highest BCUT2D eigenvalue weighted by molar-refractivity contribution is 6.30. The quantitative estimate of drug-likeness (QED) is 0.484. The van der Waals surface area contributed by atoms with Crippen LogP contribution >= 0.6 is 11.6 Å². The summed E-state index contributed by atoms with van der Waals surface area (Å²) >= 11 is 6.25. The second-order valence-corrected chi connectivity index (χ2v) is 9.59. The van der Waals surface area contributed by atoms with E-state index in [1.165, 1.54) is 36.1 Å². The zero-order valence-electron chi connectivity index (χ0n) is 19.8. The monoisotopic (exact) mass is 465 g/mol. The van der Waals surface area contributed by atoms with Crippen molar-refractivity contribution in [3.8, 4) is 0 Å². The van der Waals surface area contributed by atoms with E-state index in [1.807, 2.05) is 25.1 Å². The lowest BCUT2D eigenvalue weighted by molar-refractivity contribution is 0.297. The number of nitrogens with zero attached hydrogens (tertiary/aromatic N) is 2. The Morgan fingerprint density at radius 1 is 1.18 bits per heavy atom. The molecule has 0 spiro atoms. The first-order chi connectivity index (χ1) is 16.0. The van der Waals surface area contributed by atoms with Gasteiger partial charge in [-0.25, -0.2) is 5.84 Å². The summed E-state index contributed by atoms with van der Waals surface area (Å²) in [4.78, 5) is 2.55. The molecule has 0 saturated carbocycles. The average Bonchev–Trinajstić information content (AvgIpc) is 2.94. The Balaban J connectivity index is 1.69. The van der Waals surface area contributed by atoms with Crippen LogP contribution in [0.2, 0.25) is 5.02 Å². The van der Waals surface area contributed by atoms with Crippen LogP contribution in [-0.2, 0) is 0 Å². The van der Waals surface area contributed by atoms with Crippen LogP contribution in [-0.4, -0.2) is 36.1 Å². The number of unbranched alkanes of at least 4 members (excludes halogenated alkanes) is 1. The molecule has 0 fully saturated rings. The van der Waals surface area contributed by atoms with E-state index >= 15 is 0 Å². The van der Waals surface area contributed by atoms with Gasteiger partial charge in [0.05, 0.1) is 11.7 Å². The Kier molecular flexibility index (Phi) is 7.63. The van der Waals surface area contributed by atoms with Gasteiger partial charge >= 0.3 is 0 Å². The summed E-state index contributed by atoms with van der Waals surface area (Å²) in [6, 6.07) is 14.8. The largest absolute Gasteiger partial charge is 0.401 e. The van der Waals surface area contributed by atoms with Gasteiger partial charge in [0.2, 0.25) is 0 Å². The van der Waals surface area contributed by atoms with Crippen molar-refractivity contribution < 1.29 is 0 Å². The molecule has 0 amide bonds. The first-order valence-electron chi connectivity index (χ1n) is 12.0. The number of nitrogens with one attached hydrogen (secondary N) is 1. The maximum Gasteiger partial charge on any atom is 0.0777 e. The number of hydrogen-bond donors (Lipinski definition) is 3. The molecule has 1 unspecified atom stereocenters. The number of anilines is 1. The number of fused-ring (bicyclic) bond motifs is 1. The molecule has 2 aromatic carbocycles. The van der Waals surface area contributed by atoms with Gasteiger partial charge in [-0.05, 0) is 73.7 Å². The molecule has 2 heterocycles. The van der Waals surface area contributed by atoms with Crippen LogP contribution < -0.4 is 16.9 Å². The Bertz CT molecular complexity index is 1040. The van der Waals surface area contributed by atoms with Crippen LogP contribution in [0, 0.1) is 0 Å². The second kappa shape index (κ2) is 10.6. The van der Waals surface area contributed by atoms with Crippen LogP contribution in [0.5, 0.6) is 0 Å². The van der Waals surface area contributed by atoms with Gasteiger partial charge in [0.1, 0.15) is 0 Å². The highest BCUT2D eigenvalue weighted by Gasteiger charge is 2.26. The van der Waals surface area contributed by atoms with Crippen LogP contribution in [0.25, 0.3) is 11.3 Å². The van der Waals surface area contributed by atoms with E-state index in [2.05, 4.69) is 47.5 Å². The fourth-order valence-corrected chi connectivity index (χ4v) is 5.07. The normalized spacial score (nSPS) is 20.7. The molecular weight excluding hydrogens is 430 g/mol. The summed E-state index contributed by atoms with van der Waals surface area (Å²) in [6.45, 7) is 8.22.